The molecule has 1 rings (SSSR count). The number of halogens is 1. The molecule has 2 nitrogen and oxygen atoms in total. The Morgan fingerprint density at radius 3 is 2.36 bits per heavy atom. The normalized spacial score (nSPS) is 10.0. The summed E-state index contributed by atoms with van der Waals surface area (Å²) in [5.74, 6) is -0.293. The van der Waals surface area contributed by atoms with Gasteiger partial charge in [-0.3, -0.25) is 0 Å². The van der Waals surface area contributed by atoms with Crippen molar-refractivity contribution < 1.29 is 10.2 Å². The van der Waals surface area contributed by atoms with Gasteiger partial charge in [-0.15, -0.1) is 0 Å². The minimum atomic E-state index is -0.174. The molecule has 0 aliphatic carbocycles. The Bertz CT molecular complexity index is 271. The highest BCUT2D eigenvalue weighted by atomic mass is 35.5. The Kier molecular flexibility index (Phi) is 2.25. The number of aryl methyl sites for hydroxylation is 1. The van der Waals surface area contributed by atoms with Gasteiger partial charge in [-0.25, -0.2) is 0 Å². The molecule has 0 atom stereocenters. The second kappa shape index (κ2) is 3.01. The number of hydrogen-bond donors (Lipinski definition) is 2. The van der Waals surface area contributed by atoms with Crippen LogP contribution in [0.2, 0.25) is 5.02 Å². The minimum Gasteiger partial charge on any atom is -0.504 e. The third-order valence-corrected chi connectivity index (χ3v) is 1.88. The molecule has 60 valence electrons. The smallest absolute Gasteiger partial charge is 0.158 e. The van der Waals surface area contributed by atoms with Crippen LogP contribution in [0.5, 0.6) is 11.5 Å². The summed E-state index contributed by atoms with van der Waals surface area (Å²) < 4.78 is 0. The standard InChI is InChI=1S/C8H9ClO2/c1-2-5-3-7(10)8(11)4-6(5)9/h3-4,10-11H,2H2,1H3. The summed E-state index contributed by atoms with van der Waals surface area (Å²) in [5, 5.41) is 18.5. The molecule has 3 heteroatoms. The van der Waals surface area contributed by atoms with Crippen LogP contribution in [-0.2, 0) is 6.42 Å². The van der Waals surface area contributed by atoms with Gasteiger partial charge >= 0.3 is 0 Å². The van der Waals surface area contributed by atoms with Crippen molar-refractivity contribution in [1.29, 1.82) is 0 Å². The molecule has 1 aromatic rings. The van der Waals surface area contributed by atoms with Gasteiger partial charge in [-0.1, -0.05) is 18.5 Å². The van der Waals surface area contributed by atoms with Crippen molar-refractivity contribution in [3.05, 3.63) is 22.7 Å². The number of aromatic hydroxyl groups is 2. The number of rotatable bonds is 1. The third kappa shape index (κ3) is 1.57. The van der Waals surface area contributed by atoms with Crippen molar-refractivity contribution in [2.24, 2.45) is 0 Å². The van der Waals surface area contributed by atoms with Gasteiger partial charge in [0.05, 0.1) is 0 Å². The van der Waals surface area contributed by atoms with Gasteiger partial charge in [-0.05, 0) is 18.1 Å². The van der Waals surface area contributed by atoms with E-state index in [1.807, 2.05) is 6.92 Å². The summed E-state index contributed by atoms with van der Waals surface area (Å²) in [6, 6.07) is 2.81. The van der Waals surface area contributed by atoms with Crippen molar-refractivity contribution >= 4 is 11.6 Å². The first kappa shape index (κ1) is 8.21. The lowest BCUT2D eigenvalue weighted by Gasteiger charge is -2.02. The van der Waals surface area contributed by atoms with E-state index >= 15 is 0 Å². The summed E-state index contributed by atoms with van der Waals surface area (Å²) in [4.78, 5) is 0. The highest BCUT2D eigenvalue weighted by Crippen LogP contribution is 2.31. The third-order valence-electron chi connectivity index (χ3n) is 1.52. The maximum atomic E-state index is 9.05. The molecule has 11 heavy (non-hydrogen) atoms. The molecule has 0 fully saturated rings. The van der Waals surface area contributed by atoms with Gasteiger partial charge in [0.1, 0.15) is 0 Å². The minimum absolute atomic E-state index is 0.119. The summed E-state index contributed by atoms with van der Waals surface area (Å²) in [5.41, 5.74) is 0.835. The molecule has 0 bridgehead atoms. The van der Waals surface area contributed by atoms with Gasteiger partial charge in [0.2, 0.25) is 0 Å². The predicted octanol–water partition coefficient (Wildman–Crippen LogP) is 2.31. The molecule has 1 aromatic carbocycles. The van der Waals surface area contributed by atoms with Gasteiger partial charge in [0.15, 0.2) is 11.5 Å². The molecule has 0 aliphatic heterocycles. The number of hydrogen-bond acceptors (Lipinski definition) is 2. The average Bonchev–Trinajstić information content (AvgIpc) is 1.97. The SMILES string of the molecule is CCc1cc(O)c(O)cc1Cl. The zero-order valence-corrected chi connectivity index (χ0v) is 6.89. The average molecular weight is 173 g/mol. The van der Waals surface area contributed by atoms with Crippen LogP contribution in [-0.4, -0.2) is 10.2 Å². The van der Waals surface area contributed by atoms with Crippen LogP contribution in [0.4, 0.5) is 0 Å². The zero-order chi connectivity index (χ0) is 8.43. The summed E-state index contributed by atoms with van der Waals surface area (Å²) in [6.07, 6.45) is 0.743. The molecular weight excluding hydrogens is 164 g/mol. The Labute approximate surface area is 70.1 Å². The van der Waals surface area contributed by atoms with E-state index in [9.17, 15) is 0 Å². The summed E-state index contributed by atoms with van der Waals surface area (Å²) in [6.45, 7) is 1.93. The highest BCUT2D eigenvalue weighted by molar-refractivity contribution is 6.31. The molecule has 0 aliphatic rings. The van der Waals surface area contributed by atoms with Gasteiger partial charge in [0.25, 0.3) is 0 Å². The lowest BCUT2D eigenvalue weighted by atomic mass is 10.1. The lowest BCUT2D eigenvalue weighted by Crippen LogP contribution is -1.81. The topological polar surface area (TPSA) is 40.5 Å². The van der Waals surface area contributed by atoms with Crippen LogP contribution in [0.1, 0.15) is 12.5 Å². The van der Waals surface area contributed by atoms with Crippen molar-refractivity contribution in [3.63, 3.8) is 0 Å². The van der Waals surface area contributed by atoms with E-state index in [2.05, 4.69) is 0 Å². The predicted molar refractivity (Wildman–Crippen MR) is 44.2 cm³/mol. The molecule has 0 aromatic heterocycles. The van der Waals surface area contributed by atoms with Crippen LogP contribution in [0.25, 0.3) is 0 Å². The monoisotopic (exact) mass is 172 g/mol. The van der Waals surface area contributed by atoms with E-state index < -0.39 is 0 Å². The zero-order valence-electron chi connectivity index (χ0n) is 6.13. The lowest BCUT2D eigenvalue weighted by molar-refractivity contribution is 0.403. The maximum absolute atomic E-state index is 9.05. The maximum Gasteiger partial charge on any atom is 0.158 e. The summed E-state index contributed by atoms with van der Waals surface area (Å²) >= 11 is 5.73. The highest BCUT2D eigenvalue weighted by Gasteiger charge is 2.04. The fraction of sp³-hybridized carbons (Fsp3) is 0.250. The molecule has 0 saturated carbocycles. The molecule has 0 amide bonds. The molecule has 0 spiro atoms. The first-order chi connectivity index (χ1) is 5.15. The molecule has 0 heterocycles. The Balaban J connectivity index is 3.21. The van der Waals surface area contributed by atoms with Crippen molar-refractivity contribution in [2.45, 2.75) is 13.3 Å². The number of benzene rings is 1. The molecule has 0 radical (unpaired) electrons. The number of phenolic OH excluding ortho intramolecular Hbond substituents is 2. The van der Waals surface area contributed by atoms with Crippen LogP contribution in [0.3, 0.4) is 0 Å². The van der Waals surface area contributed by atoms with Crippen LogP contribution in [0, 0.1) is 0 Å². The van der Waals surface area contributed by atoms with Crippen LogP contribution < -0.4 is 0 Å². The van der Waals surface area contributed by atoms with Gasteiger partial charge in [0, 0.05) is 11.1 Å². The molecular formula is C8H9ClO2. The first-order valence-corrected chi connectivity index (χ1v) is 3.73. The fourth-order valence-corrected chi connectivity index (χ4v) is 1.16. The Hall–Kier alpha value is -0.890. The quantitative estimate of drug-likeness (QED) is 0.639. The van der Waals surface area contributed by atoms with Crippen LogP contribution >= 0.6 is 11.6 Å². The van der Waals surface area contributed by atoms with E-state index in [1.54, 1.807) is 0 Å². The van der Waals surface area contributed by atoms with E-state index in [0.29, 0.717) is 5.02 Å². The van der Waals surface area contributed by atoms with Gasteiger partial charge in [-0.2, -0.15) is 0 Å². The van der Waals surface area contributed by atoms with Crippen LogP contribution in [0.15, 0.2) is 12.1 Å². The first-order valence-electron chi connectivity index (χ1n) is 3.35. The number of phenols is 2. The van der Waals surface area contributed by atoms with Crippen molar-refractivity contribution in [2.75, 3.05) is 0 Å². The van der Waals surface area contributed by atoms with E-state index in [1.165, 1.54) is 12.1 Å². The molecule has 2 N–H and O–H groups in total. The van der Waals surface area contributed by atoms with E-state index in [4.69, 9.17) is 21.8 Å². The fourth-order valence-electron chi connectivity index (χ4n) is 0.866. The Morgan fingerprint density at radius 1 is 1.27 bits per heavy atom. The second-order valence-corrected chi connectivity index (χ2v) is 2.69. The molecule has 0 unspecified atom stereocenters. The van der Waals surface area contributed by atoms with E-state index in [-0.39, 0.29) is 11.5 Å². The second-order valence-electron chi connectivity index (χ2n) is 2.29. The van der Waals surface area contributed by atoms with Crippen molar-refractivity contribution in [3.8, 4) is 11.5 Å². The largest absolute Gasteiger partial charge is 0.504 e. The molecule has 0 saturated heterocycles. The van der Waals surface area contributed by atoms with Crippen molar-refractivity contribution in [1.82, 2.24) is 0 Å². The van der Waals surface area contributed by atoms with Gasteiger partial charge < -0.3 is 10.2 Å². The van der Waals surface area contributed by atoms with E-state index in [0.717, 1.165) is 12.0 Å². The summed E-state index contributed by atoms with van der Waals surface area (Å²) in [7, 11) is 0. The Morgan fingerprint density at radius 2 is 1.82 bits per heavy atom.